The predicted molar refractivity (Wildman–Crippen MR) is 67.9 cm³/mol. The molecule has 3 N–H and O–H groups in total. The average Bonchev–Trinajstić information content (AvgIpc) is 2.37. The van der Waals surface area contributed by atoms with E-state index in [4.69, 9.17) is 5.11 Å². The number of nitrogens with one attached hydrogen (secondary N) is 2. The summed E-state index contributed by atoms with van der Waals surface area (Å²) in [6, 6.07) is 4.01. The maximum atomic E-state index is 12.6. The second kappa shape index (κ2) is 6.13. The van der Waals surface area contributed by atoms with Crippen molar-refractivity contribution in [3.05, 3.63) is 29.3 Å². The van der Waals surface area contributed by atoms with Crippen LogP contribution in [0.1, 0.15) is 11.1 Å². The van der Waals surface area contributed by atoms with Gasteiger partial charge in [0.15, 0.2) is 0 Å². The fraction of sp³-hybridized carbons (Fsp3) is 0.500. The molecule has 0 bridgehead atoms. The Balaban J connectivity index is 2.02. The molecule has 1 aromatic carbocycles. The Hall–Kier alpha value is -0.760. The summed E-state index contributed by atoms with van der Waals surface area (Å²) in [4.78, 5) is 0.633. The summed E-state index contributed by atoms with van der Waals surface area (Å²) in [6.45, 7) is 1.27. The Kier molecular flexibility index (Phi) is 4.72. The molecule has 0 radical (unpaired) electrons. The minimum atomic E-state index is -4.30. The summed E-state index contributed by atoms with van der Waals surface area (Å²) in [5, 5.41) is 11.7. The molecule has 0 aromatic heterocycles. The first-order valence-corrected chi connectivity index (χ1v) is 6.76. The van der Waals surface area contributed by atoms with Gasteiger partial charge in [-0.15, -0.1) is 0 Å². The molecule has 0 aliphatic carbocycles. The first kappa shape index (κ1) is 14.6. The minimum absolute atomic E-state index is 0.0748. The van der Waals surface area contributed by atoms with E-state index in [1.165, 1.54) is 18.0 Å². The molecule has 1 aliphatic rings. The van der Waals surface area contributed by atoms with E-state index in [9.17, 15) is 13.2 Å². The smallest absolute Gasteiger partial charge is 0.395 e. The van der Waals surface area contributed by atoms with Crippen LogP contribution in [0.15, 0.2) is 23.1 Å². The lowest BCUT2D eigenvalue weighted by atomic mass is 10.0. The summed E-state index contributed by atoms with van der Waals surface area (Å²) in [5.41, 5.74) is 0.310. The van der Waals surface area contributed by atoms with Crippen LogP contribution < -0.4 is 10.0 Å². The van der Waals surface area contributed by atoms with E-state index in [1.54, 1.807) is 6.07 Å². The molecule has 0 amide bonds. The van der Waals surface area contributed by atoms with Crippen LogP contribution in [0.3, 0.4) is 0 Å². The summed E-state index contributed by atoms with van der Waals surface area (Å²) < 4.78 is 40.8. The molecule has 1 aromatic rings. The number of aliphatic hydroxyl groups excluding tert-OH is 1. The lowest BCUT2D eigenvalue weighted by molar-refractivity contribution is -0.137. The molecule has 1 atom stereocenters. The van der Waals surface area contributed by atoms with Gasteiger partial charge < -0.3 is 10.4 Å². The molecule has 0 spiro atoms. The fourth-order valence-corrected chi connectivity index (χ4v) is 2.85. The molecule has 7 heteroatoms. The Morgan fingerprint density at radius 1 is 1.42 bits per heavy atom. The standard InChI is InChI=1S/C12H15F3N2OS/c13-12(14,15)9-2-1-8-5-10(7-16-3-4-18)17-19-11(8)6-9/h1-2,6,10,16-18H,3-5,7H2. The van der Waals surface area contributed by atoms with E-state index in [0.29, 0.717) is 24.4 Å². The zero-order valence-electron chi connectivity index (χ0n) is 10.1. The molecule has 0 saturated carbocycles. The van der Waals surface area contributed by atoms with E-state index < -0.39 is 11.7 Å². The molecular weight excluding hydrogens is 277 g/mol. The van der Waals surface area contributed by atoms with E-state index in [2.05, 4.69) is 10.0 Å². The number of hydrogen-bond donors (Lipinski definition) is 3. The normalized spacial score (nSPS) is 19.3. The molecule has 19 heavy (non-hydrogen) atoms. The molecule has 1 heterocycles. The summed E-state index contributed by atoms with van der Waals surface area (Å²) in [6.07, 6.45) is -3.62. The zero-order chi connectivity index (χ0) is 13.9. The van der Waals surface area contributed by atoms with Gasteiger partial charge in [-0.1, -0.05) is 6.07 Å². The number of benzene rings is 1. The predicted octanol–water partition coefficient (Wildman–Crippen LogP) is 1.81. The summed E-state index contributed by atoms with van der Waals surface area (Å²) >= 11 is 1.23. The van der Waals surface area contributed by atoms with Gasteiger partial charge in [-0.2, -0.15) is 13.2 Å². The van der Waals surface area contributed by atoms with E-state index in [-0.39, 0.29) is 12.6 Å². The average molecular weight is 292 g/mol. The number of rotatable bonds is 4. The largest absolute Gasteiger partial charge is 0.416 e. The van der Waals surface area contributed by atoms with Gasteiger partial charge in [-0.25, -0.2) is 0 Å². The number of halogens is 3. The highest BCUT2D eigenvalue weighted by Crippen LogP contribution is 2.35. The van der Waals surface area contributed by atoms with Crippen molar-refractivity contribution in [3.63, 3.8) is 0 Å². The SMILES string of the molecule is OCCNCC1Cc2ccc(C(F)(F)F)cc2SN1. The highest BCUT2D eigenvalue weighted by atomic mass is 32.2. The van der Waals surface area contributed by atoms with Crippen molar-refractivity contribution >= 4 is 11.9 Å². The van der Waals surface area contributed by atoms with E-state index >= 15 is 0 Å². The van der Waals surface area contributed by atoms with Crippen molar-refractivity contribution in [1.82, 2.24) is 10.0 Å². The van der Waals surface area contributed by atoms with Gasteiger partial charge in [-0.3, -0.25) is 4.72 Å². The third-order valence-electron chi connectivity index (χ3n) is 2.88. The highest BCUT2D eigenvalue weighted by Gasteiger charge is 2.31. The molecule has 1 unspecified atom stereocenters. The number of alkyl halides is 3. The first-order chi connectivity index (χ1) is 9.00. The molecule has 0 fully saturated rings. The van der Waals surface area contributed by atoms with Crippen molar-refractivity contribution in [2.75, 3.05) is 19.7 Å². The minimum Gasteiger partial charge on any atom is -0.395 e. The maximum Gasteiger partial charge on any atom is 0.416 e. The van der Waals surface area contributed by atoms with Crippen LogP contribution >= 0.6 is 11.9 Å². The van der Waals surface area contributed by atoms with Crippen LogP contribution in [0, 0.1) is 0 Å². The lowest BCUT2D eigenvalue weighted by Gasteiger charge is -2.26. The highest BCUT2D eigenvalue weighted by molar-refractivity contribution is 7.97. The van der Waals surface area contributed by atoms with Gasteiger partial charge in [0.2, 0.25) is 0 Å². The lowest BCUT2D eigenvalue weighted by Crippen LogP contribution is -2.40. The molecular formula is C12H15F3N2OS. The summed E-state index contributed by atoms with van der Waals surface area (Å²) in [5.74, 6) is 0. The van der Waals surface area contributed by atoms with Crippen molar-refractivity contribution in [2.24, 2.45) is 0 Å². The van der Waals surface area contributed by atoms with Gasteiger partial charge in [-0.05, 0) is 36.1 Å². The molecule has 1 aliphatic heterocycles. The van der Waals surface area contributed by atoms with Gasteiger partial charge >= 0.3 is 6.18 Å². The van der Waals surface area contributed by atoms with Crippen LogP contribution in [-0.2, 0) is 12.6 Å². The molecule has 0 saturated heterocycles. The second-order valence-corrected chi connectivity index (χ2v) is 5.25. The second-order valence-electron chi connectivity index (χ2n) is 4.37. The van der Waals surface area contributed by atoms with Crippen LogP contribution in [-0.4, -0.2) is 30.8 Å². The topological polar surface area (TPSA) is 44.3 Å². The first-order valence-electron chi connectivity index (χ1n) is 5.95. The fourth-order valence-electron chi connectivity index (χ4n) is 1.92. The number of fused-ring (bicyclic) bond motifs is 1. The Morgan fingerprint density at radius 2 is 2.21 bits per heavy atom. The maximum absolute atomic E-state index is 12.6. The zero-order valence-corrected chi connectivity index (χ0v) is 10.9. The number of aliphatic hydroxyl groups is 1. The van der Waals surface area contributed by atoms with Crippen LogP contribution in [0.25, 0.3) is 0 Å². The third-order valence-corrected chi connectivity index (χ3v) is 3.93. The van der Waals surface area contributed by atoms with Crippen molar-refractivity contribution in [1.29, 1.82) is 0 Å². The van der Waals surface area contributed by atoms with Gasteiger partial charge in [0.05, 0.1) is 12.2 Å². The molecule has 3 nitrogen and oxygen atoms in total. The quantitative estimate of drug-likeness (QED) is 0.585. The Morgan fingerprint density at radius 3 is 2.89 bits per heavy atom. The van der Waals surface area contributed by atoms with Gasteiger partial charge in [0.25, 0.3) is 0 Å². The van der Waals surface area contributed by atoms with Crippen molar-refractivity contribution in [3.8, 4) is 0 Å². The van der Waals surface area contributed by atoms with Crippen LogP contribution in [0.5, 0.6) is 0 Å². The van der Waals surface area contributed by atoms with E-state index in [1.807, 2.05) is 0 Å². The monoisotopic (exact) mass is 292 g/mol. The molecule has 106 valence electrons. The van der Waals surface area contributed by atoms with Crippen molar-refractivity contribution in [2.45, 2.75) is 23.5 Å². The third kappa shape index (κ3) is 3.85. The van der Waals surface area contributed by atoms with Crippen LogP contribution in [0.2, 0.25) is 0 Å². The Bertz CT molecular complexity index is 439. The van der Waals surface area contributed by atoms with Crippen molar-refractivity contribution < 1.29 is 18.3 Å². The summed E-state index contributed by atoms with van der Waals surface area (Å²) in [7, 11) is 0. The molecule has 2 rings (SSSR count). The van der Waals surface area contributed by atoms with Crippen LogP contribution in [0.4, 0.5) is 13.2 Å². The number of hydrogen-bond acceptors (Lipinski definition) is 4. The van der Waals surface area contributed by atoms with Gasteiger partial charge in [0, 0.05) is 24.0 Å². The van der Waals surface area contributed by atoms with Gasteiger partial charge in [0.1, 0.15) is 0 Å². The van der Waals surface area contributed by atoms with E-state index in [0.717, 1.165) is 11.6 Å². The Labute approximate surface area is 113 Å².